The minimum absolute atomic E-state index is 0.0257. The number of rotatable bonds is 3. The number of ether oxygens (including phenoxy) is 1. The molecule has 1 amide bonds. The van der Waals surface area contributed by atoms with Gasteiger partial charge in [0, 0.05) is 30.1 Å². The number of amides is 1. The summed E-state index contributed by atoms with van der Waals surface area (Å²) in [5.41, 5.74) is 3.09. The molecule has 0 unspecified atom stereocenters. The van der Waals surface area contributed by atoms with Crippen LogP contribution in [-0.2, 0) is 9.53 Å². The Balaban J connectivity index is 1.82. The normalized spacial score (nSPS) is 19.5. The Kier molecular flexibility index (Phi) is 5.40. The van der Waals surface area contributed by atoms with Crippen molar-refractivity contribution in [3.05, 3.63) is 40.3 Å². The standard InChI is InChI=1S/C21H23N3O2S2/c1-13(2)24-20(25)18(28-21(24)27)12-16-11-15-10-14(3)4-5-17(15)22-19(16)23-6-8-26-9-7-23/h4-5,10-13H,6-9H2,1-3H3. The summed E-state index contributed by atoms with van der Waals surface area (Å²) >= 11 is 6.79. The molecule has 1 aromatic carbocycles. The molecule has 5 nitrogen and oxygen atoms in total. The Morgan fingerprint density at radius 1 is 1.25 bits per heavy atom. The number of carbonyl (C=O) groups is 1. The van der Waals surface area contributed by atoms with Gasteiger partial charge in [-0.15, -0.1) is 0 Å². The lowest BCUT2D eigenvalue weighted by Crippen LogP contribution is -2.37. The molecule has 2 fully saturated rings. The highest BCUT2D eigenvalue weighted by Gasteiger charge is 2.34. The molecule has 0 spiro atoms. The number of hydrogen-bond donors (Lipinski definition) is 0. The summed E-state index contributed by atoms with van der Waals surface area (Å²) in [5.74, 6) is 0.872. The maximum atomic E-state index is 12.9. The van der Waals surface area contributed by atoms with Crippen LogP contribution in [0.3, 0.4) is 0 Å². The van der Waals surface area contributed by atoms with Gasteiger partial charge < -0.3 is 9.64 Å². The number of carbonyl (C=O) groups excluding carboxylic acids is 1. The van der Waals surface area contributed by atoms with E-state index in [1.165, 1.54) is 17.3 Å². The fourth-order valence-electron chi connectivity index (χ4n) is 3.50. The van der Waals surface area contributed by atoms with Gasteiger partial charge >= 0.3 is 0 Å². The first-order valence-corrected chi connectivity index (χ1v) is 10.7. The van der Waals surface area contributed by atoms with Gasteiger partial charge in [-0.1, -0.05) is 35.6 Å². The van der Waals surface area contributed by atoms with Crippen LogP contribution in [0.15, 0.2) is 29.2 Å². The topological polar surface area (TPSA) is 45.7 Å². The largest absolute Gasteiger partial charge is 0.378 e. The molecule has 0 bridgehead atoms. The number of hydrogen-bond acceptors (Lipinski definition) is 6. The maximum Gasteiger partial charge on any atom is 0.266 e. The van der Waals surface area contributed by atoms with E-state index in [1.807, 2.05) is 19.9 Å². The Hall–Kier alpha value is -1.96. The molecule has 2 saturated heterocycles. The van der Waals surface area contributed by atoms with Gasteiger partial charge in [0.05, 0.1) is 23.6 Å². The van der Waals surface area contributed by atoms with Crippen LogP contribution in [-0.4, -0.2) is 52.5 Å². The van der Waals surface area contributed by atoms with Crippen LogP contribution in [0, 0.1) is 6.92 Å². The molecule has 0 atom stereocenters. The number of fused-ring (bicyclic) bond motifs is 1. The van der Waals surface area contributed by atoms with Crippen molar-refractivity contribution >= 4 is 57.0 Å². The van der Waals surface area contributed by atoms with Crippen molar-refractivity contribution in [3.63, 3.8) is 0 Å². The number of aryl methyl sites for hydroxylation is 1. The molecule has 3 heterocycles. The number of anilines is 1. The average Bonchev–Trinajstić information content (AvgIpc) is 2.95. The molecule has 146 valence electrons. The third kappa shape index (κ3) is 3.66. The summed E-state index contributed by atoms with van der Waals surface area (Å²) in [6, 6.07) is 8.43. The monoisotopic (exact) mass is 413 g/mol. The fraction of sp³-hybridized carbons (Fsp3) is 0.381. The van der Waals surface area contributed by atoms with Crippen LogP contribution >= 0.6 is 24.0 Å². The van der Waals surface area contributed by atoms with Crippen molar-refractivity contribution in [3.8, 4) is 0 Å². The van der Waals surface area contributed by atoms with Gasteiger partial charge in [0.1, 0.15) is 10.1 Å². The average molecular weight is 414 g/mol. The summed E-state index contributed by atoms with van der Waals surface area (Å²) in [4.78, 5) is 22.4. The number of thioether (sulfide) groups is 1. The lowest BCUT2D eigenvalue weighted by Gasteiger charge is -2.29. The molecule has 7 heteroatoms. The fourth-order valence-corrected chi connectivity index (χ4v) is 5.02. The maximum absolute atomic E-state index is 12.9. The van der Waals surface area contributed by atoms with E-state index < -0.39 is 0 Å². The van der Waals surface area contributed by atoms with Crippen molar-refractivity contribution in [1.29, 1.82) is 0 Å². The second-order valence-corrected chi connectivity index (χ2v) is 9.02. The van der Waals surface area contributed by atoms with Gasteiger partial charge in [-0.3, -0.25) is 9.69 Å². The predicted octanol–water partition coefficient (Wildman–Crippen LogP) is 3.99. The second-order valence-electron chi connectivity index (χ2n) is 7.34. The first kappa shape index (κ1) is 19.4. The summed E-state index contributed by atoms with van der Waals surface area (Å²) in [7, 11) is 0. The van der Waals surface area contributed by atoms with Crippen molar-refractivity contribution in [1.82, 2.24) is 9.88 Å². The van der Waals surface area contributed by atoms with Gasteiger partial charge in [-0.05, 0) is 45.0 Å². The molecule has 2 aliphatic heterocycles. The summed E-state index contributed by atoms with van der Waals surface area (Å²) in [5, 5.41) is 1.07. The highest BCUT2D eigenvalue weighted by atomic mass is 32.2. The third-order valence-corrected chi connectivity index (χ3v) is 6.25. The lowest BCUT2D eigenvalue weighted by molar-refractivity contribution is -0.123. The van der Waals surface area contributed by atoms with Crippen molar-refractivity contribution < 1.29 is 9.53 Å². The molecule has 28 heavy (non-hydrogen) atoms. The van der Waals surface area contributed by atoms with Gasteiger partial charge in [-0.2, -0.15) is 0 Å². The second kappa shape index (κ2) is 7.81. The smallest absolute Gasteiger partial charge is 0.266 e. The first-order valence-electron chi connectivity index (χ1n) is 9.45. The summed E-state index contributed by atoms with van der Waals surface area (Å²) < 4.78 is 6.12. The molecule has 4 rings (SSSR count). The van der Waals surface area contributed by atoms with E-state index in [4.69, 9.17) is 21.9 Å². The Morgan fingerprint density at radius 3 is 2.68 bits per heavy atom. The van der Waals surface area contributed by atoms with Crippen molar-refractivity contribution in [2.75, 3.05) is 31.2 Å². The van der Waals surface area contributed by atoms with E-state index in [0.29, 0.717) is 22.4 Å². The molecule has 0 aliphatic carbocycles. The van der Waals surface area contributed by atoms with Crippen LogP contribution < -0.4 is 4.90 Å². The van der Waals surface area contributed by atoms with Crippen LogP contribution in [0.1, 0.15) is 25.0 Å². The van der Waals surface area contributed by atoms with Crippen LogP contribution in [0.25, 0.3) is 17.0 Å². The zero-order valence-electron chi connectivity index (χ0n) is 16.3. The lowest BCUT2D eigenvalue weighted by atomic mass is 10.1. The Labute approximate surface area is 174 Å². The molecule has 1 aromatic heterocycles. The molecular formula is C21H23N3O2S2. The molecule has 2 aromatic rings. The van der Waals surface area contributed by atoms with Crippen molar-refractivity contribution in [2.45, 2.75) is 26.8 Å². The molecular weight excluding hydrogens is 390 g/mol. The molecule has 0 radical (unpaired) electrons. The number of pyridine rings is 1. The van der Waals surface area contributed by atoms with Gasteiger partial charge in [0.2, 0.25) is 0 Å². The van der Waals surface area contributed by atoms with Gasteiger partial charge in [-0.25, -0.2) is 4.98 Å². The minimum atomic E-state index is -0.0257. The zero-order chi connectivity index (χ0) is 19.8. The minimum Gasteiger partial charge on any atom is -0.378 e. The van der Waals surface area contributed by atoms with Crippen LogP contribution in [0.2, 0.25) is 0 Å². The van der Waals surface area contributed by atoms with Gasteiger partial charge in [0.15, 0.2) is 0 Å². The van der Waals surface area contributed by atoms with E-state index in [1.54, 1.807) is 4.90 Å². The predicted molar refractivity (Wildman–Crippen MR) is 120 cm³/mol. The molecule has 0 saturated carbocycles. The molecule has 2 aliphatic rings. The van der Waals surface area contributed by atoms with E-state index in [0.717, 1.165) is 35.4 Å². The number of aromatic nitrogens is 1. The quantitative estimate of drug-likeness (QED) is 0.560. The number of nitrogens with zero attached hydrogens (tertiary/aromatic N) is 3. The molecule has 0 N–H and O–H groups in total. The SMILES string of the molecule is Cc1ccc2nc(N3CCOCC3)c(C=C3SC(=S)N(C(C)C)C3=O)cc2c1. The Bertz CT molecular complexity index is 981. The third-order valence-electron chi connectivity index (χ3n) is 4.92. The van der Waals surface area contributed by atoms with Crippen molar-refractivity contribution in [2.24, 2.45) is 0 Å². The summed E-state index contributed by atoms with van der Waals surface area (Å²) in [6.45, 7) is 8.98. The van der Waals surface area contributed by atoms with E-state index >= 15 is 0 Å². The number of morpholine rings is 1. The summed E-state index contributed by atoms with van der Waals surface area (Å²) in [6.07, 6.45) is 1.95. The highest BCUT2D eigenvalue weighted by Crippen LogP contribution is 2.36. The van der Waals surface area contributed by atoms with Gasteiger partial charge in [0.25, 0.3) is 5.91 Å². The van der Waals surface area contributed by atoms with E-state index in [-0.39, 0.29) is 11.9 Å². The van der Waals surface area contributed by atoms with E-state index in [9.17, 15) is 4.79 Å². The number of thiocarbonyl (C=S) groups is 1. The zero-order valence-corrected chi connectivity index (χ0v) is 17.9. The van der Waals surface area contributed by atoms with Crippen LogP contribution in [0.4, 0.5) is 5.82 Å². The Morgan fingerprint density at radius 2 is 2.00 bits per heavy atom. The van der Waals surface area contributed by atoms with Crippen LogP contribution in [0.5, 0.6) is 0 Å². The first-order chi connectivity index (χ1) is 13.4. The van der Waals surface area contributed by atoms with E-state index in [2.05, 4.69) is 36.1 Å². The number of benzene rings is 1. The highest BCUT2D eigenvalue weighted by molar-refractivity contribution is 8.26.